The largest absolute Gasteiger partial charge is 0.385 e. The monoisotopic (exact) mass is 325 g/mol. The Kier molecular flexibility index (Phi) is 6.33. The third-order valence-electron chi connectivity index (χ3n) is 4.95. The Morgan fingerprint density at radius 3 is 2.58 bits per heavy atom. The van der Waals surface area contributed by atoms with Gasteiger partial charge in [-0.1, -0.05) is 51.2 Å². The minimum Gasteiger partial charge on any atom is -0.385 e. The number of rotatable bonds is 9. The molecule has 1 aliphatic rings. The molecule has 3 nitrogen and oxygen atoms in total. The number of nitrogens with zero attached hydrogens (tertiary/aromatic N) is 2. The van der Waals surface area contributed by atoms with Gasteiger partial charge in [0.2, 0.25) is 0 Å². The van der Waals surface area contributed by atoms with Crippen molar-refractivity contribution in [1.82, 2.24) is 9.55 Å². The first-order valence-electron chi connectivity index (χ1n) is 9.77. The second kappa shape index (κ2) is 8.91. The molecule has 3 heteroatoms. The van der Waals surface area contributed by atoms with Crippen LogP contribution < -0.4 is 5.32 Å². The van der Waals surface area contributed by atoms with Crippen molar-refractivity contribution in [3.05, 3.63) is 36.3 Å². The van der Waals surface area contributed by atoms with Crippen LogP contribution in [0, 0.1) is 0 Å². The Hall–Kier alpha value is -1.77. The Morgan fingerprint density at radius 2 is 1.79 bits per heavy atom. The van der Waals surface area contributed by atoms with Gasteiger partial charge in [0.05, 0.1) is 5.69 Å². The van der Waals surface area contributed by atoms with Gasteiger partial charge in [0.15, 0.2) is 0 Å². The maximum absolute atomic E-state index is 4.80. The van der Waals surface area contributed by atoms with Crippen LogP contribution in [0.1, 0.15) is 64.1 Å². The molecule has 0 spiro atoms. The molecule has 0 fully saturated rings. The number of aromatic nitrogens is 2. The van der Waals surface area contributed by atoms with Crippen molar-refractivity contribution < 1.29 is 0 Å². The van der Waals surface area contributed by atoms with Gasteiger partial charge in [-0.25, -0.2) is 4.98 Å². The van der Waals surface area contributed by atoms with E-state index >= 15 is 0 Å². The van der Waals surface area contributed by atoms with Crippen LogP contribution in [0.5, 0.6) is 0 Å². The lowest BCUT2D eigenvalue weighted by Crippen LogP contribution is -2.08. The zero-order valence-corrected chi connectivity index (χ0v) is 15.1. The summed E-state index contributed by atoms with van der Waals surface area (Å²) in [6, 6.07) is 8.76. The molecule has 3 rings (SSSR count). The number of aryl methyl sites for hydroxylation is 2. The van der Waals surface area contributed by atoms with Crippen molar-refractivity contribution in [3.63, 3.8) is 0 Å². The summed E-state index contributed by atoms with van der Waals surface area (Å²) in [6.45, 7) is 4.47. The van der Waals surface area contributed by atoms with Crippen LogP contribution in [0.2, 0.25) is 0 Å². The number of nitrogens with one attached hydrogen (secondary N) is 1. The standard InChI is InChI=1S/C21H31N3/c1-2-3-4-5-6-8-15-22-19-13-11-18(12-14-19)20-17-24-16-9-7-10-21(24)23-20/h11-14,17,22H,2-10,15-16H2,1H3. The average molecular weight is 326 g/mol. The van der Waals surface area contributed by atoms with E-state index in [1.807, 2.05) is 0 Å². The van der Waals surface area contributed by atoms with Gasteiger partial charge in [0.25, 0.3) is 0 Å². The lowest BCUT2D eigenvalue weighted by atomic mass is 10.1. The van der Waals surface area contributed by atoms with Crippen LogP contribution >= 0.6 is 0 Å². The molecule has 2 aromatic rings. The highest BCUT2D eigenvalue weighted by Gasteiger charge is 2.12. The summed E-state index contributed by atoms with van der Waals surface area (Å²) in [5, 5.41) is 3.54. The molecule has 0 unspecified atom stereocenters. The molecule has 1 aromatic carbocycles. The van der Waals surface area contributed by atoms with E-state index in [-0.39, 0.29) is 0 Å². The summed E-state index contributed by atoms with van der Waals surface area (Å²) < 4.78 is 2.32. The highest BCUT2D eigenvalue weighted by atomic mass is 15.1. The quantitative estimate of drug-likeness (QED) is 0.603. The Bertz CT molecular complexity index is 589. The fraction of sp³-hybridized carbons (Fsp3) is 0.571. The van der Waals surface area contributed by atoms with E-state index in [1.54, 1.807) is 0 Å². The molecule has 24 heavy (non-hydrogen) atoms. The third-order valence-corrected chi connectivity index (χ3v) is 4.95. The minimum atomic E-state index is 1.07. The fourth-order valence-electron chi connectivity index (χ4n) is 3.45. The first kappa shape index (κ1) is 17.1. The van der Waals surface area contributed by atoms with Crippen molar-refractivity contribution in [3.8, 4) is 11.3 Å². The van der Waals surface area contributed by atoms with Crippen molar-refractivity contribution in [2.24, 2.45) is 0 Å². The molecule has 0 saturated heterocycles. The van der Waals surface area contributed by atoms with E-state index < -0.39 is 0 Å². The van der Waals surface area contributed by atoms with Crippen LogP contribution in [0.15, 0.2) is 30.5 Å². The average Bonchev–Trinajstić information content (AvgIpc) is 3.05. The number of unbranched alkanes of at least 4 members (excludes halogenated alkanes) is 5. The second-order valence-corrected chi connectivity index (χ2v) is 6.96. The van der Waals surface area contributed by atoms with Crippen LogP contribution in [-0.2, 0) is 13.0 Å². The van der Waals surface area contributed by atoms with E-state index in [0.717, 1.165) is 25.2 Å². The topological polar surface area (TPSA) is 29.9 Å². The first-order chi connectivity index (χ1) is 11.9. The minimum absolute atomic E-state index is 1.07. The fourth-order valence-corrected chi connectivity index (χ4v) is 3.45. The van der Waals surface area contributed by atoms with Gasteiger partial charge < -0.3 is 9.88 Å². The summed E-state index contributed by atoms with van der Waals surface area (Å²) in [6.07, 6.45) is 14.0. The lowest BCUT2D eigenvalue weighted by molar-refractivity contribution is 0.522. The van der Waals surface area contributed by atoms with Gasteiger partial charge in [-0.05, 0) is 31.4 Å². The normalized spacial score (nSPS) is 13.7. The first-order valence-corrected chi connectivity index (χ1v) is 9.77. The molecule has 0 radical (unpaired) electrons. The molecule has 2 heterocycles. The molecular weight excluding hydrogens is 294 g/mol. The highest BCUT2D eigenvalue weighted by Crippen LogP contribution is 2.24. The van der Waals surface area contributed by atoms with Crippen molar-refractivity contribution in [2.75, 3.05) is 11.9 Å². The van der Waals surface area contributed by atoms with Crippen LogP contribution in [0.25, 0.3) is 11.3 Å². The van der Waals surface area contributed by atoms with Crippen LogP contribution in [0.3, 0.4) is 0 Å². The zero-order valence-electron chi connectivity index (χ0n) is 15.1. The molecule has 0 aliphatic carbocycles. The SMILES string of the molecule is CCCCCCCCNc1ccc(-c2cn3c(n2)CCCC3)cc1. The van der Waals surface area contributed by atoms with Gasteiger partial charge >= 0.3 is 0 Å². The maximum atomic E-state index is 4.80. The molecule has 0 bridgehead atoms. The van der Waals surface area contributed by atoms with Crippen molar-refractivity contribution in [2.45, 2.75) is 71.3 Å². The predicted molar refractivity (Wildman–Crippen MR) is 102 cm³/mol. The number of hydrogen-bond acceptors (Lipinski definition) is 2. The summed E-state index contributed by atoms with van der Waals surface area (Å²) in [7, 11) is 0. The number of benzene rings is 1. The summed E-state index contributed by atoms with van der Waals surface area (Å²) >= 11 is 0. The van der Waals surface area contributed by atoms with Gasteiger partial charge in [0, 0.05) is 37.0 Å². The summed E-state index contributed by atoms with van der Waals surface area (Å²) in [5.41, 5.74) is 3.56. The number of imidazole rings is 1. The lowest BCUT2D eigenvalue weighted by Gasteiger charge is -2.11. The molecular formula is C21H31N3. The van der Waals surface area contributed by atoms with E-state index in [2.05, 4.69) is 47.3 Å². The van der Waals surface area contributed by atoms with Crippen molar-refractivity contribution in [1.29, 1.82) is 0 Å². The molecule has 0 saturated carbocycles. The molecule has 1 aliphatic heterocycles. The highest BCUT2D eigenvalue weighted by molar-refractivity contribution is 5.62. The van der Waals surface area contributed by atoms with E-state index in [4.69, 9.17) is 4.98 Å². The number of fused-ring (bicyclic) bond motifs is 1. The van der Waals surface area contributed by atoms with Gasteiger partial charge in [-0.15, -0.1) is 0 Å². The van der Waals surface area contributed by atoms with E-state index in [1.165, 1.54) is 68.4 Å². The third kappa shape index (κ3) is 4.62. The molecule has 1 aromatic heterocycles. The van der Waals surface area contributed by atoms with Gasteiger partial charge in [-0.3, -0.25) is 0 Å². The Balaban J connectivity index is 1.46. The Labute approximate surface area is 146 Å². The number of hydrogen-bond donors (Lipinski definition) is 1. The molecule has 0 amide bonds. The smallest absolute Gasteiger partial charge is 0.109 e. The molecule has 0 atom stereocenters. The Morgan fingerprint density at radius 1 is 1.00 bits per heavy atom. The van der Waals surface area contributed by atoms with Gasteiger partial charge in [0.1, 0.15) is 5.82 Å². The van der Waals surface area contributed by atoms with E-state index in [0.29, 0.717) is 0 Å². The predicted octanol–water partition coefficient (Wildman–Crippen LogP) is 5.66. The summed E-state index contributed by atoms with van der Waals surface area (Å²) in [5.74, 6) is 1.25. The van der Waals surface area contributed by atoms with Crippen molar-refractivity contribution >= 4 is 5.69 Å². The second-order valence-electron chi connectivity index (χ2n) is 6.96. The van der Waals surface area contributed by atoms with Crippen LogP contribution in [0.4, 0.5) is 5.69 Å². The van der Waals surface area contributed by atoms with Gasteiger partial charge in [-0.2, -0.15) is 0 Å². The number of anilines is 1. The van der Waals surface area contributed by atoms with E-state index in [9.17, 15) is 0 Å². The molecule has 1 N–H and O–H groups in total. The van der Waals surface area contributed by atoms with Crippen LogP contribution in [-0.4, -0.2) is 16.1 Å². The molecule has 130 valence electrons. The zero-order chi connectivity index (χ0) is 16.6. The maximum Gasteiger partial charge on any atom is 0.109 e. The summed E-state index contributed by atoms with van der Waals surface area (Å²) in [4.78, 5) is 4.80.